The lowest BCUT2D eigenvalue weighted by Crippen LogP contribution is -2.43. The number of nitrogens with one attached hydrogen (secondary N) is 1. The molecular formula is C31H33ClN4O4. The van der Waals surface area contributed by atoms with Crippen molar-refractivity contribution in [3.05, 3.63) is 109 Å². The number of hydrogen-bond acceptors (Lipinski definition) is 4. The number of aromatic nitrogens is 2. The molecule has 0 fully saturated rings. The van der Waals surface area contributed by atoms with E-state index in [1.54, 1.807) is 29.2 Å². The molecule has 208 valence electrons. The molecule has 0 aliphatic rings. The van der Waals surface area contributed by atoms with E-state index >= 15 is 0 Å². The van der Waals surface area contributed by atoms with Crippen LogP contribution in [-0.4, -0.2) is 38.9 Å². The van der Waals surface area contributed by atoms with Crippen LogP contribution in [-0.2, 0) is 17.9 Å². The van der Waals surface area contributed by atoms with Gasteiger partial charge in [-0.15, -0.1) is 0 Å². The van der Waals surface area contributed by atoms with Crippen LogP contribution in [0.1, 0.15) is 48.2 Å². The van der Waals surface area contributed by atoms with Gasteiger partial charge in [0.15, 0.2) is 0 Å². The lowest BCUT2D eigenvalue weighted by atomic mass is 10.1. The number of fused-ring (bicyclic) bond motifs is 1. The molecule has 0 saturated carbocycles. The van der Waals surface area contributed by atoms with E-state index in [1.165, 1.54) is 16.7 Å². The van der Waals surface area contributed by atoms with Gasteiger partial charge in [-0.25, -0.2) is 9.36 Å². The van der Waals surface area contributed by atoms with Gasteiger partial charge in [0, 0.05) is 30.2 Å². The number of rotatable bonds is 10. The van der Waals surface area contributed by atoms with Gasteiger partial charge in [-0.05, 0) is 61.7 Å². The van der Waals surface area contributed by atoms with Gasteiger partial charge in [0.2, 0.25) is 5.91 Å². The van der Waals surface area contributed by atoms with Crippen molar-refractivity contribution in [1.29, 1.82) is 0 Å². The van der Waals surface area contributed by atoms with Crippen molar-refractivity contribution in [1.82, 2.24) is 19.4 Å². The van der Waals surface area contributed by atoms with Crippen molar-refractivity contribution in [3.8, 4) is 5.69 Å². The Balaban J connectivity index is 1.82. The number of carbonyl (C=O) groups excluding carboxylic acids is 2. The number of benzene rings is 3. The van der Waals surface area contributed by atoms with Crippen LogP contribution >= 0.6 is 11.6 Å². The van der Waals surface area contributed by atoms with Crippen molar-refractivity contribution in [2.75, 3.05) is 13.1 Å². The fourth-order valence-corrected chi connectivity index (χ4v) is 4.84. The second-order valence-electron chi connectivity index (χ2n) is 9.73. The Hall–Kier alpha value is -4.17. The average molecular weight is 561 g/mol. The maximum atomic E-state index is 13.8. The van der Waals surface area contributed by atoms with E-state index in [-0.39, 0.29) is 35.5 Å². The first kappa shape index (κ1) is 28.8. The third-order valence-corrected chi connectivity index (χ3v) is 7.10. The molecule has 4 rings (SSSR count). The first-order chi connectivity index (χ1) is 19.2. The first-order valence-electron chi connectivity index (χ1n) is 13.4. The van der Waals surface area contributed by atoms with E-state index in [2.05, 4.69) is 5.32 Å². The Morgan fingerprint density at radius 2 is 1.60 bits per heavy atom. The molecule has 1 aromatic heterocycles. The second-order valence-corrected chi connectivity index (χ2v) is 10.1. The van der Waals surface area contributed by atoms with Gasteiger partial charge >= 0.3 is 5.69 Å². The van der Waals surface area contributed by atoms with Crippen molar-refractivity contribution >= 4 is 34.3 Å². The third-order valence-electron chi connectivity index (χ3n) is 6.73. The van der Waals surface area contributed by atoms with Crippen molar-refractivity contribution in [2.24, 2.45) is 0 Å². The van der Waals surface area contributed by atoms with Crippen LogP contribution < -0.4 is 16.6 Å². The Labute approximate surface area is 237 Å². The normalized spacial score (nSPS) is 11.0. The Morgan fingerprint density at radius 1 is 0.925 bits per heavy atom. The van der Waals surface area contributed by atoms with Crippen LogP contribution in [0.3, 0.4) is 0 Å². The number of halogens is 1. The zero-order valence-electron chi connectivity index (χ0n) is 22.9. The van der Waals surface area contributed by atoms with Crippen LogP contribution in [0.4, 0.5) is 0 Å². The molecule has 0 aliphatic carbocycles. The molecule has 1 heterocycles. The summed E-state index contributed by atoms with van der Waals surface area (Å²) in [5.74, 6) is -0.622. The molecule has 40 heavy (non-hydrogen) atoms. The molecule has 0 saturated heterocycles. The highest BCUT2D eigenvalue weighted by Crippen LogP contribution is 2.17. The van der Waals surface area contributed by atoms with Gasteiger partial charge in [0.1, 0.15) is 6.54 Å². The fraction of sp³-hybridized carbons (Fsp3) is 0.290. The van der Waals surface area contributed by atoms with Crippen molar-refractivity contribution in [3.63, 3.8) is 0 Å². The van der Waals surface area contributed by atoms with E-state index < -0.39 is 17.2 Å². The molecule has 1 N–H and O–H groups in total. The molecular weight excluding hydrogens is 528 g/mol. The van der Waals surface area contributed by atoms with Crippen molar-refractivity contribution in [2.45, 2.75) is 46.7 Å². The summed E-state index contributed by atoms with van der Waals surface area (Å²) in [7, 11) is 0. The van der Waals surface area contributed by atoms with E-state index in [0.717, 1.165) is 28.5 Å². The predicted molar refractivity (Wildman–Crippen MR) is 158 cm³/mol. The van der Waals surface area contributed by atoms with E-state index in [0.29, 0.717) is 23.8 Å². The van der Waals surface area contributed by atoms with Gasteiger partial charge in [-0.2, -0.15) is 0 Å². The number of hydrogen-bond donors (Lipinski definition) is 1. The standard InChI is InChI=1S/C31H33ClN4O4/c1-4-16-34(17-5-2)28(37)20-35-27-18-22(29(38)33-19-23-8-6-7-9-26(23)32)12-15-25(27)30(39)36(31(35)40)24-13-10-21(3)11-14-24/h6-15,18H,4-5,16-17,19-20H2,1-3H3,(H,33,38). The first-order valence-corrected chi connectivity index (χ1v) is 13.8. The van der Waals surface area contributed by atoms with E-state index in [4.69, 9.17) is 11.6 Å². The van der Waals surface area contributed by atoms with Gasteiger partial charge in [-0.3, -0.25) is 19.0 Å². The van der Waals surface area contributed by atoms with Crippen molar-refractivity contribution < 1.29 is 9.59 Å². The molecule has 0 spiro atoms. The average Bonchev–Trinajstić information content (AvgIpc) is 2.95. The highest BCUT2D eigenvalue weighted by Gasteiger charge is 2.20. The molecule has 0 bridgehead atoms. The Bertz CT molecular complexity index is 1650. The minimum atomic E-state index is -0.642. The number of aryl methyl sites for hydroxylation is 1. The number of nitrogens with zero attached hydrogens (tertiary/aromatic N) is 3. The summed E-state index contributed by atoms with van der Waals surface area (Å²) < 4.78 is 2.37. The number of carbonyl (C=O) groups is 2. The van der Waals surface area contributed by atoms with Crippen LogP contribution in [0, 0.1) is 6.92 Å². The molecule has 0 unspecified atom stereocenters. The smallest absolute Gasteiger partial charge is 0.336 e. The summed E-state index contributed by atoms with van der Waals surface area (Å²) in [6, 6.07) is 18.8. The SMILES string of the molecule is CCCN(CCC)C(=O)Cn1c(=O)n(-c2ccc(C)cc2)c(=O)c2ccc(C(=O)NCc3ccccc3Cl)cc21. The summed E-state index contributed by atoms with van der Waals surface area (Å²) in [6.07, 6.45) is 1.56. The molecule has 8 nitrogen and oxygen atoms in total. The zero-order valence-corrected chi connectivity index (χ0v) is 23.7. The molecule has 0 radical (unpaired) electrons. The van der Waals surface area contributed by atoms with E-state index in [1.807, 2.05) is 51.1 Å². The maximum absolute atomic E-state index is 13.8. The summed E-state index contributed by atoms with van der Waals surface area (Å²) in [5, 5.41) is 3.60. The van der Waals surface area contributed by atoms with Gasteiger partial charge in [-0.1, -0.05) is 61.3 Å². The monoisotopic (exact) mass is 560 g/mol. The molecule has 9 heteroatoms. The molecule has 2 amide bonds. The van der Waals surface area contributed by atoms with Gasteiger partial charge < -0.3 is 10.2 Å². The van der Waals surface area contributed by atoms with Gasteiger partial charge in [0.25, 0.3) is 11.5 Å². The van der Waals surface area contributed by atoms with Crippen LogP contribution in [0.15, 0.2) is 76.3 Å². The summed E-state index contributed by atoms with van der Waals surface area (Å²) in [6.45, 7) is 6.97. The van der Waals surface area contributed by atoms with Crippen LogP contribution in [0.25, 0.3) is 16.6 Å². The minimum Gasteiger partial charge on any atom is -0.348 e. The molecule has 0 aliphatic heterocycles. The quantitative estimate of drug-likeness (QED) is 0.304. The minimum absolute atomic E-state index is 0.208. The van der Waals surface area contributed by atoms with E-state index in [9.17, 15) is 19.2 Å². The summed E-state index contributed by atoms with van der Waals surface area (Å²) >= 11 is 6.22. The maximum Gasteiger partial charge on any atom is 0.336 e. The zero-order chi connectivity index (χ0) is 28.8. The highest BCUT2D eigenvalue weighted by atomic mass is 35.5. The molecule has 3 aromatic carbocycles. The largest absolute Gasteiger partial charge is 0.348 e. The van der Waals surface area contributed by atoms with Crippen LogP contribution in [0.2, 0.25) is 5.02 Å². The van der Waals surface area contributed by atoms with Crippen LogP contribution in [0.5, 0.6) is 0 Å². The molecule has 0 atom stereocenters. The fourth-order valence-electron chi connectivity index (χ4n) is 4.64. The molecule has 4 aromatic rings. The summed E-state index contributed by atoms with van der Waals surface area (Å²) in [4.78, 5) is 55.6. The lowest BCUT2D eigenvalue weighted by molar-refractivity contribution is -0.131. The third kappa shape index (κ3) is 6.18. The number of amides is 2. The topological polar surface area (TPSA) is 93.4 Å². The second kappa shape index (κ2) is 12.8. The summed E-state index contributed by atoms with van der Waals surface area (Å²) in [5.41, 5.74) is 1.47. The Morgan fingerprint density at radius 3 is 2.25 bits per heavy atom. The predicted octanol–water partition coefficient (Wildman–Crippen LogP) is 4.69. The Kier molecular flexibility index (Phi) is 9.22. The lowest BCUT2D eigenvalue weighted by Gasteiger charge is -2.23. The highest BCUT2D eigenvalue weighted by molar-refractivity contribution is 6.31. The van der Waals surface area contributed by atoms with Gasteiger partial charge in [0.05, 0.1) is 16.6 Å².